The van der Waals surface area contributed by atoms with Gasteiger partial charge in [-0.15, -0.1) is 11.3 Å². The number of ether oxygens (including phenoxy) is 1. The first-order chi connectivity index (χ1) is 6.06. The number of nitrogens with zero attached hydrogens (tertiary/aromatic N) is 1. The summed E-state index contributed by atoms with van der Waals surface area (Å²) in [6.07, 6.45) is 1.79. The van der Waals surface area contributed by atoms with Crippen LogP contribution in [0.4, 0.5) is 0 Å². The Balaban J connectivity index is 2.55. The van der Waals surface area contributed by atoms with Crippen LogP contribution in [0.5, 0.6) is 0 Å². The van der Waals surface area contributed by atoms with Crippen molar-refractivity contribution in [1.29, 1.82) is 0 Å². The van der Waals surface area contributed by atoms with Crippen LogP contribution in [0.3, 0.4) is 0 Å². The predicted molar refractivity (Wildman–Crippen MR) is 52.9 cm³/mol. The molecule has 0 saturated heterocycles. The lowest BCUT2D eigenvalue weighted by Gasteiger charge is -2.28. The van der Waals surface area contributed by atoms with E-state index in [9.17, 15) is 5.11 Å². The van der Waals surface area contributed by atoms with Gasteiger partial charge in [0.05, 0.1) is 16.7 Å². The molecule has 0 radical (unpaired) electrons. The van der Waals surface area contributed by atoms with Gasteiger partial charge in [-0.3, -0.25) is 0 Å². The smallest absolute Gasteiger partial charge is 0.0951 e. The van der Waals surface area contributed by atoms with Gasteiger partial charge < -0.3 is 9.84 Å². The molecule has 0 fully saturated rings. The van der Waals surface area contributed by atoms with E-state index in [2.05, 4.69) is 4.98 Å². The average Bonchev–Trinajstić information content (AvgIpc) is 2.57. The number of aromatic nitrogens is 1. The molecule has 0 amide bonds. The van der Waals surface area contributed by atoms with Crippen LogP contribution in [0.1, 0.15) is 18.9 Å². The van der Waals surface area contributed by atoms with Crippen LogP contribution in [0.25, 0.3) is 0 Å². The van der Waals surface area contributed by atoms with Crippen LogP contribution < -0.4 is 0 Å². The number of thiazole rings is 1. The van der Waals surface area contributed by atoms with E-state index in [0.29, 0.717) is 6.42 Å². The fraction of sp³-hybridized carbons (Fsp3) is 0.667. The second kappa shape index (κ2) is 4.17. The highest BCUT2D eigenvalue weighted by Gasteiger charge is 2.27. The van der Waals surface area contributed by atoms with Gasteiger partial charge in [0.15, 0.2) is 0 Å². The first-order valence-corrected chi connectivity index (χ1v) is 5.06. The number of aliphatic hydroxyl groups is 1. The molecule has 1 unspecified atom stereocenters. The van der Waals surface area contributed by atoms with E-state index in [4.69, 9.17) is 4.74 Å². The molecule has 74 valence electrons. The maximum Gasteiger partial charge on any atom is 0.0951 e. The molecule has 1 aromatic heterocycles. The van der Waals surface area contributed by atoms with Crippen LogP contribution in [0, 0.1) is 0 Å². The fourth-order valence-corrected chi connectivity index (χ4v) is 1.56. The molecule has 0 aliphatic rings. The second-order valence-electron chi connectivity index (χ2n) is 3.45. The van der Waals surface area contributed by atoms with Crippen molar-refractivity contribution < 1.29 is 9.84 Å². The first kappa shape index (κ1) is 10.6. The minimum absolute atomic E-state index is 0.508. The van der Waals surface area contributed by atoms with Crippen LogP contribution in [0.2, 0.25) is 0 Å². The summed E-state index contributed by atoms with van der Waals surface area (Å²) >= 11 is 1.55. The maximum absolute atomic E-state index is 9.79. The molecule has 3 nitrogen and oxygen atoms in total. The third-order valence-corrected chi connectivity index (χ3v) is 2.98. The number of methoxy groups -OCH3 is 1. The van der Waals surface area contributed by atoms with Crippen molar-refractivity contribution in [2.24, 2.45) is 0 Å². The zero-order chi connectivity index (χ0) is 9.90. The molecular weight excluding hydrogens is 186 g/mol. The highest BCUT2D eigenvalue weighted by atomic mass is 32.1. The van der Waals surface area contributed by atoms with Gasteiger partial charge in [-0.1, -0.05) is 0 Å². The molecule has 0 aliphatic carbocycles. The number of rotatable bonds is 4. The first-order valence-electron chi connectivity index (χ1n) is 4.18. The molecular formula is C9H15NO2S. The van der Waals surface area contributed by atoms with Gasteiger partial charge >= 0.3 is 0 Å². The molecule has 1 aromatic rings. The Morgan fingerprint density at radius 1 is 1.69 bits per heavy atom. The lowest BCUT2D eigenvalue weighted by molar-refractivity contribution is -0.0765. The van der Waals surface area contributed by atoms with Crippen LogP contribution in [0.15, 0.2) is 11.6 Å². The van der Waals surface area contributed by atoms with Crippen molar-refractivity contribution >= 4 is 11.3 Å². The normalized spacial score (nSPS) is 14.5. The summed E-state index contributed by atoms with van der Waals surface area (Å²) < 4.78 is 5.18. The summed E-state index contributed by atoms with van der Waals surface area (Å²) in [7, 11) is 1.60. The van der Waals surface area contributed by atoms with Gasteiger partial charge in [0.1, 0.15) is 0 Å². The molecule has 0 saturated carbocycles. The van der Waals surface area contributed by atoms with Gasteiger partial charge in [-0.05, 0) is 13.8 Å². The van der Waals surface area contributed by atoms with Crippen molar-refractivity contribution in [2.75, 3.05) is 7.11 Å². The Bertz CT molecular complexity index is 246. The molecule has 1 N–H and O–H groups in total. The van der Waals surface area contributed by atoms with Crippen LogP contribution >= 0.6 is 11.3 Å². The van der Waals surface area contributed by atoms with Crippen LogP contribution in [-0.4, -0.2) is 28.9 Å². The minimum Gasteiger partial charge on any atom is -0.390 e. The number of hydrogen-bond acceptors (Lipinski definition) is 4. The summed E-state index contributed by atoms with van der Waals surface area (Å²) in [6, 6.07) is 0. The highest BCUT2D eigenvalue weighted by molar-refractivity contribution is 7.09. The van der Waals surface area contributed by atoms with Crippen molar-refractivity contribution in [2.45, 2.75) is 32.0 Å². The Morgan fingerprint density at radius 2 is 2.38 bits per heavy atom. The van der Waals surface area contributed by atoms with Gasteiger partial charge in [0.2, 0.25) is 0 Å². The standard InChI is InChI=1S/C9H15NO2S/c1-9(2,12-3)7(11)6-8-10-4-5-13-8/h4-5,7,11H,6H2,1-3H3. The van der Waals surface area contributed by atoms with Gasteiger partial charge in [-0.2, -0.15) is 0 Å². The second-order valence-corrected chi connectivity index (χ2v) is 4.43. The summed E-state index contributed by atoms with van der Waals surface area (Å²) in [4.78, 5) is 4.11. The maximum atomic E-state index is 9.79. The third-order valence-electron chi connectivity index (χ3n) is 2.18. The SMILES string of the molecule is COC(C)(C)C(O)Cc1nccs1. The van der Waals surface area contributed by atoms with Crippen molar-refractivity contribution in [3.05, 3.63) is 16.6 Å². The molecule has 4 heteroatoms. The molecule has 0 spiro atoms. The predicted octanol–water partition coefficient (Wildman–Crippen LogP) is 1.47. The molecule has 0 aromatic carbocycles. The molecule has 1 atom stereocenters. The Morgan fingerprint density at radius 3 is 2.85 bits per heavy atom. The van der Waals surface area contributed by atoms with E-state index in [-0.39, 0.29) is 0 Å². The van der Waals surface area contributed by atoms with Crippen molar-refractivity contribution in [1.82, 2.24) is 4.98 Å². The zero-order valence-electron chi connectivity index (χ0n) is 8.15. The van der Waals surface area contributed by atoms with E-state index >= 15 is 0 Å². The summed E-state index contributed by atoms with van der Waals surface area (Å²) in [5.74, 6) is 0. The Hall–Kier alpha value is -0.450. The van der Waals surface area contributed by atoms with Crippen molar-refractivity contribution in [3.63, 3.8) is 0 Å². The van der Waals surface area contributed by atoms with E-state index in [1.807, 2.05) is 19.2 Å². The summed E-state index contributed by atoms with van der Waals surface area (Å²) in [5, 5.41) is 12.6. The largest absolute Gasteiger partial charge is 0.390 e. The topological polar surface area (TPSA) is 42.4 Å². The van der Waals surface area contributed by atoms with E-state index in [1.165, 1.54) is 0 Å². The lowest BCUT2D eigenvalue weighted by atomic mass is 9.99. The van der Waals surface area contributed by atoms with E-state index in [1.54, 1.807) is 24.6 Å². The monoisotopic (exact) mass is 201 g/mol. The molecule has 0 aliphatic heterocycles. The highest BCUT2D eigenvalue weighted by Crippen LogP contribution is 2.18. The van der Waals surface area contributed by atoms with E-state index < -0.39 is 11.7 Å². The molecule has 13 heavy (non-hydrogen) atoms. The number of hydrogen-bond donors (Lipinski definition) is 1. The Labute approximate surface area is 82.4 Å². The van der Waals surface area contributed by atoms with Crippen molar-refractivity contribution in [3.8, 4) is 0 Å². The Kier molecular flexibility index (Phi) is 3.41. The average molecular weight is 201 g/mol. The molecule has 1 rings (SSSR count). The lowest BCUT2D eigenvalue weighted by Crippen LogP contribution is -2.39. The molecule has 0 bridgehead atoms. The molecule has 1 heterocycles. The quantitative estimate of drug-likeness (QED) is 0.802. The van der Waals surface area contributed by atoms with Gasteiger partial charge in [0.25, 0.3) is 0 Å². The van der Waals surface area contributed by atoms with Gasteiger partial charge in [-0.25, -0.2) is 4.98 Å². The summed E-state index contributed by atoms with van der Waals surface area (Å²) in [6.45, 7) is 3.73. The fourth-order valence-electron chi connectivity index (χ4n) is 0.901. The minimum atomic E-state index is -0.511. The third kappa shape index (κ3) is 2.76. The van der Waals surface area contributed by atoms with E-state index in [0.717, 1.165) is 5.01 Å². The zero-order valence-corrected chi connectivity index (χ0v) is 8.97. The van der Waals surface area contributed by atoms with Gasteiger partial charge in [0, 0.05) is 25.1 Å². The van der Waals surface area contributed by atoms with Crippen LogP contribution in [-0.2, 0) is 11.2 Å². The summed E-state index contributed by atoms with van der Waals surface area (Å²) in [5.41, 5.74) is -0.508. The number of aliphatic hydroxyl groups excluding tert-OH is 1.